The maximum atomic E-state index is 11.7. The molecular formula is C14H25NO11. The van der Waals surface area contributed by atoms with Crippen LogP contribution >= 0.6 is 0 Å². The molecule has 2 fully saturated rings. The molecule has 7 N–H and O–H groups in total. The molecule has 152 valence electrons. The molecule has 0 aromatic heterocycles. The molecule has 2 heterocycles. The van der Waals surface area contributed by atoms with Crippen molar-refractivity contribution in [2.75, 3.05) is 20.8 Å². The summed E-state index contributed by atoms with van der Waals surface area (Å²) in [5.74, 6) is -0.993. The minimum atomic E-state index is -1.78. The summed E-state index contributed by atoms with van der Waals surface area (Å²) in [5.41, 5.74) is 5.80. The van der Waals surface area contributed by atoms with Crippen molar-refractivity contribution in [1.82, 2.24) is 0 Å². The van der Waals surface area contributed by atoms with Crippen molar-refractivity contribution in [1.29, 1.82) is 0 Å². The van der Waals surface area contributed by atoms with E-state index >= 15 is 0 Å². The zero-order valence-corrected chi connectivity index (χ0v) is 14.2. The van der Waals surface area contributed by atoms with E-state index in [0.717, 1.165) is 7.11 Å². The van der Waals surface area contributed by atoms with Crippen LogP contribution in [0.1, 0.15) is 0 Å². The van der Waals surface area contributed by atoms with Crippen LogP contribution in [0.25, 0.3) is 0 Å². The quantitative estimate of drug-likeness (QED) is 0.249. The molecule has 2 aliphatic heterocycles. The van der Waals surface area contributed by atoms with Crippen LogP contribution in [0.3, 0.4) is 0 Å². The Balaban J connectivity index is 2.17. The van der Waals surface area contributed by atoms with Crippen LogP contribution in [-0.4, -0.2) is 114 Å². The predicted octanol–water partition coefficient (Wildman–Crippen LogP) is -4.60. The van der Waals surface area contributed by atoms with Gasteiger partial charge in [-0.05, 0) is 0 Å². The van der Waals surface area contributed by atoms with Gasteiger partial charge in [-0.1, -0.05) is 0 Å². The van der Waals surface area contributed by atoms with Crippen molar-refractivity contribution < 1.29 is 54.0 Å². The average Bonchev–Trinajstić information content (AvgIpc) is 2.65. The molecule has 2 aliphatic rings. The van der Waals surface area contributed by atoms with Crippen LogP contribution in [-0.2, 0) is 28.5 Å². The number of aliphatic hydroxyl groups is 5. The lowest BCUT2D eigenvalue weighted by Crippen LogP contribution is -2.66. The highest BCUT2D eigenvalue weighted by Crippen LogP contribution is 2.29. The topological polar surface area (TPSA) is 190 Å². The number of methoxy groups -OCH3 is 2. The first-order valence-corrected chi connectivity index (χ1v) is 7.92. The maximum absolute atomic E-state index is 11.7. The summed E-state index contributed by atoms with van der Waals surface area (Å²) in [6.07, 6.45) is -13.3. The van der Waals surface area contributed by atoms with Gasteiger partial charge in [0.15, 0.2) is 18.7 Å². The Bertz CT molecular complexity index is 478. The molecule has 0 saturated carbocycles. The second-order valence-electron chi connectivity index (χ2n) is 6.05. The fourth-order valence-electron chi connectivity index (χ4n) is 2.89. The normalized spacial score (nSPS) is 46.8. The third-order valence-corrected chi connectivity index (χ3v) is 4.43. The van der Waals surface area contributed by atoms with Crippen molar-refractivity contribution in [3.8, 4) is 0 Å². The number of nitrogens with two attached hydrogens (primary N) is 1. The molecule has 0 aromatic rings. The lowest BCUT2D eigenvalue weighted by atomic mass is 9.96. The highest BCUT2D eigenvalue weighted by atomic mass is 16.7. The highest BCUT2D eigenvalue weighted by Gasteiger charge is 2.51. The van der Waals surface area contributed by atoms with Crippen molar-refractivity contribution in [2.45, 2.75) is 61.3 Å². The van der Waals surface area contributed by atoms with Gasteiger partial charge in [0.25, 0.3) is 0 Å². The van der Waals surface area contributed by atoms with E-state index in [1.165, 1.54) is 7.11 Å². The number of ether oxygens (including phenoxy) is 5. The zero-order chi connectivity index (χ0) is 19.6. The number of esters is 1. The fraction of sp³-hybridized carbons (Fsp3) is 0.929. The maximum Gasteiger partial charge on any atom is 0.337 e. The molecule has 0 bridgehead atoms. The summed E-state index contributed by atoms with van der Waals surface area (Å²) in [6, 6.07) is -1.04. The second kappa shape index (κ2) is 8.84. The molecule has 0 aliphatic carbocycles. The number of aliphatic hydroxyl groups excluding tert-OH is 5. The zero-order valence-electron chi connectivity index (χ0n) is 14.2. The Labute approximate surface area is 149 Å². The van der Waals surface area contributed by atoms with Crippen molar-refractivity contribution in [3.63, 3.8) is 0 Å². The third kappa shape index (κ3) is 3.99. The Kier molecular flexibility index (Phi) is 7.27. The number of carbonyl (C=O) groups is 1. The lowest BCUT2D eigenvalue weighted by molar-refractivity contribution is -0.341. The molecule has 10 atom stereocenters. The second-order valence-corrected chi connectivity index (χ2v) is 6.05. The van der Waals surface area contributed by atoms with Gasteiger partial charge in [0, 0.05) is 7.11 Å². The van der Waals surface area contributed by atoms with E-state index in [-0.39, 0.29) is 0 Å². The van der Waals surface area contributed by atoms with Crippen molar-refractivity contribution >= 4 is 5.97 Å². The first kappa shape index (κ1) is 21.4. The Morgan fingerprint density at radius 3 is 2.19 bits per heavy atom. The lowest BCUT2D eigenvalue weighted by Gasteiger charge is -2.45. The molecule has 12 nitrogen and oxygen atoms in total. The van der Waals surface area contributed by atoms with Gasteiger partial charge in [0.2, 0.25) is 0 Å². The predicted molar refractivity (Wildman–Crippen MR) is 80.3 cm³/mol. The molecule has 2 saturated heterocycles. The first-order chi connectivity index (χ1) is 12.3. The van der Waals surface area contributed by atoms with E-state index in [0.29, 0.717) is 0 Å². The molecule has 0 aromatic carbocycles. The van der Waals surface area contributed by atoms with Crippen LogP contribution < -0.4 is 5.73 Å². The molecule has 10 unspecified atom stereocenters. The summed E-state index contributed by atoms with van der Waals surface area (Å²) in [7, 11) is 2.36. The van der Waals surface area contributed by atoms with Crippen LogP contribution in [0.5, 0.6) is 0 Å². The number of rotatable bonds is 5. The smallest absolute Gasteiger partial charge is 0.337 e. The van der Waals surface area contributed by atoms with E-state index < -0.39 is 73.9 Å². The van der Waals surface area contributed by atoms with E-state index in [1.54, 1.807) is 0 Å². The highest BCUT2D eigenvalue weighted by molar-refractivity contribution is 5.75. The summed E-state index contributed by atoms with van der Waals surface area (Å²) in [6.45, 7) is -0.581. The molecule has 0 radical (unpaired) electrons. The first-order valence-electron chi connectivity index (χ1n) is 7.92. The van der Waals surface area contributed by atoms with Crippen molar-refractivity contribution in [2.24, 2.45) is 5.73 Å². The number of hydrogen-bond acceptors (Lipinski definition) is 12. The SMILES string of the molecule is COC(=O)C1OC(OC2C(CO)OC(OC)C(N)C2O)C(O)C(O)C1O. The van der Waals surface area contributed by atoms with E-state index in [4.69, 9.17) is 24.7 Å². The molecule has 0 spiro atoms. The van der Waals surface area contributed by atoms with Gasteiger partial charge in [0.05, 0.1) is 19.8 Å². The summed E-state index contributed by atoms with van der Waals surface area (Å²) in [5, 5.41) is 49.6. The van der Waals surface area contributed by atoms with Crippen LogP contribution in [0.15, 0.2) is 0 Å². The van der Waals surface area contributed by atoms with Gasteiger partial charge in [-0.25, -0.2) is 4.79 Å². The molecular weight excluding hydrogens is 358 g/mol. The van der Waals surface area contributed by atoms with E-state index in [1.807, 2.05) is 0 Å². The molecule has 0 amide bonds. The van der Waals surface area contributed by atoms with Gasteiger partial charge in [-0.2, -0.15) is 0 Å². The van der Waals surface area contributed by atoms with Crippen LogP contribution in [0, 0.1) is 0 Å². The number of hydrogen-bond donors (Lipinski definition) is 6. The third-order valence-electron chi connectivity index (χ3n) is 4.43. The van der Waals surface area contributed by atoms with Gasteiger partial charge in [-0.3, -0.25) is 0 Å². The molecule has 12 heteroatoms. The van der Waals surface area contributed by atoms with Gasteiger partial charge in [-0.15, -0.1) is 0 Å². The standard InChI is InChI=1S/C14H25NO11/c1-22-12(21)11-8(19)7(18)9(20)14(26-11)25-10-4(3-16)24-13(23-2)5(15)6(10)17/h4-11,13-14,16-20H,3,15H2,1-2H3. The van der Waals surface area contributed by atoms with Gasteiger partial charge in [0.1, 0.15) is 36.6 Å². The Morgan fingerprint density at radius 2 is 1.65 bits per heavy atom. The summed E-state index contributed by atoms with van der Waals surface area (Å²) < 4.78 is 25.5. The largest absolute Gasteiger partial charge is 0.467 e. The van der Waals surface area contributed by atoms with Crippen LogP contribution in [0.4, 0.5) is 0 Å². The van der Waals surface area contributed by atoms with Crippen molar-refractivity contribution in [3.05, 3.63) is 0 Å². The van der Waals surface area contributed by atoms with Gasteiger partial charge < -0.3 is 55.0 Å². The van der Waals surface area contributed by atoms with E-state index in [9.17, 15) is 30.3 Å². The molecule has 26 heavy (non-hydrogen) atoms. The average molecular weight is 383 g/mol. The van der Waals surface area contributed by atoms with E-state index in [2.05, 4.69) is 4.74 Å². The molecule has 2 rings (SSSR count). The minimum absolute atomic E-state index is 0.581. The monoisotopic (exact) mass is 383 g/mol. The summed E-state index contributed by atoms with van der Waals surface area (Å²) >= 11 is 0. The summed E-state index contributed by atoms with van der Waals surface area (Å²) in [4.78, 5) is 11.7. The number of carbonyl (C=O) groups excluding carboxylic acids is 1. The Hall–Kier alpha value is -0.930. The minimum Gasteiger partial charge on any atom is -0.467 e. The van der Waals surface area contributed by atoms with Gasteiger partial charge >= 0.3 is 5.97 Å². The Morgan fingerprint density at radius 1 is 1.00 bits per heavy atom. The van der Waals surface area contributed by atoms with Crippen LogP contribution in [0.2, 0.25) is 0 Å². The fourth-order valence-corrected chi connectivity index (χ4v) is 2.89.